The molecule has 1 spiro atoms. The lowest BCUT2D eigenvalue weighted by atomic mass is 9.78. The van der Waals surface area contributed by atoms with E-state index in [0.29, 0.717) is 5.56 Å². The van der Waals surface area contributed by atoms with Gasteiger partial charge in [0.05, 0.1) is 16.4 Å². The van der Waals surface area contributed by atoms with Crippen molar-refractivity contribution in [3.05, 3.63) is 29.6 Å². The first kappa shape index (κ1) is 17.8. The number of aliphatic carboxylic acids is 1. The number of amides is 1. The predicted molar refractivity (Wildman–Crippen MR) is 85.7 cm³/mol. The van der Waals surface area contributed by atoms with Gasteiger partial charge in [-0.2, -0.15) is 4.31 Å². The highest BCUT2D eigenvalue weighted by atomic mass is 32.2. The molecule has 2 saturated heterocycles. The van der Waals surface area contributed by atoms with E-state index in [2.05, 4.69) is 5.32 Å². The summed E-state index contributed by atoms with van der Waals surface area (Å²) < 4.78 is 40.3. The summed E-state index contributed by atoms with van der Waals surface area (Å²) in [5, 5.41) is 12.1. The van der Waals surface area contributed by atoms with E-state index in [-0.39, 0.29) is 43.2 Å². The van der Waals surface area contributed by atoms with Crippen molar-refractivity contribution in [2.75, 3.05) is 13.1 Å². The molecule has 1 atom stereocenters. The van der Waals surface area contributed by atoms with Gasteiger partial charge in [-0.3, -0.25) is 9.59 Å². The molecular weight excluding hydrogens is 351 g/mol. The van der Waals surface area contributed by atoms with Crippen molar-refractivity contribution in [3.8, 4) is 0 Å². The third kappa shape index (κ3) is 3.02. The Hall–Kier alpha value is -2.00. The standard InChI is InChI=1S/C16H19FN2O5S/c1-10-2-3-11(17)8-13(10)25(23,24)19-6-4-16(5-7-19)12(15(21)22)9-14(20)18-16/h2-3,8,12H,4-7,9H2,1H3,(H,18,20)(H,21,22). The lowest BCUT2D eigenvalue weighted by Crippen LogP contribution is -2.56. The van der Waals surface area contributed by atoms with E-state index in [1.165, 1.54) is 16.4 Å². The molecule has 1 unspecified atom stereocenters. The maximum atomic E-state index is 13.5. The number of benzene rings is 1. The number of nitrogens with zero attached hydrogens (tertiary/aromatic N) is 1. The molecule has 7 nitrogen and oxygen atoms in total. The number of carbonyl (C=O) groups is 2. The van der Waals surface area contributed by atoms with Crippen molar-refractivity contribution in [1.82, 2.24) is 9.62 Å². The van der Waals surface area contributed by atoms with Gasteiger partial charge in [-0.1, -0.05) is 6.07 Å². The second kappa shape index (κ2) is 6.06. The molecule has 0 bridgehead atoms. The number of nitrogens with one attached hydrogen (secondary N) is 1. The van der Waals surface area contributed by atoms with Gasteiger partial charge in [0.25, 0.3) is 0 Å². The SMILES string of the molecule is Cc1ccc(F)cc1S(=O)(=O)N1CCC2(CC1)NC(=O)CC2C(=O)O. The average molecular weight is 370 g/mol. The minimum atomic E-state index is -3.88. The van der Waals surface area contributed by atoms with Crippen molar-refractivity contribution >= 4 is 21.9 Å². The van der Waals surface area contributed by atoms with Gasteiger partial charge >= 0.3 is 5.97 Å². The van der Waals surface area contributed by atoms with Crippen LogP contribution in [0.1, 0.15) is 24.8 Å². The fourth-order valence-corrected chi connectivity index (χ4v) is 5.39. The third-order valence-corrected chi connectivity index (χ3v) is 7.17. The fraction of sp³-hybridized carbons (Fsp3) is 0.500. The largest absolute Gasteiger partial charge is 0.481 e. The zero-order chi connectivity index (χ0) is 18.4. The summed E-state index contributed by atoms with van der Waals surface area (Å²) in [6, 6.07) is 3.60. The normalized spacial score (nSPS) is 23.6. The fourth-order valence-electron chi connectivity index (χ4n) is 3.71. The van der Waals surface area contributed by atoms with Gasteiger partial charge in [0.1, 0.15) is 5.82 Å². The van der Waals surface area contributed by atoms with Crippen molar-refractivity contribution in [1.29, 1.82) is 0 Å². The van der Waals surface area contributed by atoms with Crippen LogP contribution in [-0.4, -0.2) is 48.3 Å². The van der Waals surface area contributed by atoms with Crippen LogP contribution < -0.4 is 5.32 Å². The molecule has 25 heavy (non-hydrogen) atoms. The highest BCUT2D eigenvalue weighted by Crippen LogP contribution is 2.38. The van der Waals surface area contributed by atoms with Gasteiger partial charge in [-0.05, 0) is 37.5 Å². The Labute approximate surface area is 144 Å². The molecule has 2 aliphatic rings. The molecule has 1 amide bonds. The van der Waals surface area contributed by atoms with Crippen molar-refractivity contribution in [2.45, 2.75) is 36.6 Å². The van der Waals surface area contributed by atoms with Crippen LogP contribution in [0.4, 0.5) is 4.39 Å². The molecule has 136 valence electrons. The minimum Gasteiger partial charge on any atom is -0.481 e. The third-order valence-electron chi connectivity index (χ3n) is 5.13. The number of sulfonamides is 1. The molecular formula is C16H19FN2O5S. The maximum Gasteiger partial charge on any atom is 0.309 e. The van der Waals surface area contributed by atoms with Gasteiger partial charge < -0.3 is 10.4 Å². The van der Waals surface area contributed by atoms with E-state index < -0.39 is 33.3 Å². The van der Waals surface area contributed by atoms with Crippen LogP contribution in [0.15, 0.2) is 23.1 Å². The maximum absolute atomic E-state index is 13.5. The topological polar surface area (TPSA) is 104 Å². The quantitative estimate of drug-likeness (QED) is 0.822. The Balaban J connectivity index is 1.83. The highest BCUT2D eigenvalue weighted by Gasteiger charge is 2.52. The highest BCUT2D eigenvalue weighted by molar-refractivity contribution is 7.89. The zero-order valence-corrected chi connectivity index (χ0v) is 14.5. The van der Waals surface area contributed by atoms with Crippen molar-refractivity contribution in [3.63, 3.8) is 0 Å². The lowest BCUT2D eigenvalue weighted by molar-refractivity contribution is -0.144. The van der Waals surface area contributed by atoms with E-state index in [1.54, 1.807) is 6.92 Å². The molecule has 2 aliphatic heterocycles. The summed E-state index contributed by atoms with van der Waals surface area (Å²) in [5.74, 6) is -2.88. The monoisotopic (exact) mass is 370 g/mol. The van der Waals surface area contributed by atoms with Crippen LogP contribution in [0.3, 0.4) is 0 Å². The van der Waals surface area contributed by atoms with Crippen LogP contribution >= 0.6 is 0 Å². The number of rotatable bonds is 3. The van der Waals surface area contributed by atoms with Crippen LogP contribution in [0, 0.1) is 18.7 Å². The van der Waals surface area contributed by atoms with E-state index >= 15 is 0 Å². The molecule has 1 aromatic carbocycles. The van der Waals surface area contributed by atoms with E-state index in [0.717, 1.165) is 6.07 Å². The van der Waals surface area contributed by atoms with E-state index in [9.17, 15) is 27.5 Å². The lowest BCUT2D eigenvalue weighted by Gasteiger charge is -2.40. The number of carbonyl (C=O) groups excluding carboxylic acids is 1. The summed E-state index contributed by atoms with van der Waals surface area (Å²) in [6.07, 6.45) is 0.331. The Bertz CT molecular complexity index is 831. The number of halogens is 1. The Morgan fingerprint density at radius 2 is 2.00 bits per heavy atom. The Morgan fingerprint density at radius 3 is 2.60 bits per heavy atom. The zero-order valence-electron chi connectivity index (χ0n) is 13.7. The van der Waals surface area contributed by atoms with E-state index in [1.807, 2.05) is 0 Å². The smallest absolute Gasteiger partial charge is 0.309 e. The second-order valence-electron chi connectivity index (χ2n) is 6.61. The molecule has 2 N–H and O–H groups in total. The molecule has 1 aromatic rings. The Kier molecular flexibility index (Phi) is 4.32. The first-order chi connectivity index (χ1) is 11.7. The number of carboxylic acids is 1. The van der Waals surface area contributed by atoms with Crippen LogP contribution in [-0.2, 0) is 19.6 Å². The van der Waals surface area contributed by atoms with E-state index in [4.69, 9.17) is 0 Å². The van der Waals surface area contributed by atoms with Gasteiger partial charge in [-0.25, -0.2) is 12.8 Å². The summed E-state index contributed by atoms with van der Waals surface area (Å²) in [6.45, 7) is 1.74. The summed E-state index contributed by atoms with van der Waals surface area (Å²) >= 11 is 0. The van der Waals surface area contributed by atoms with Gasteiger partial charge in [0.15, 0.2) is 0 Å². The number of hydrogen-bond acceptors (Lipinski definition) is 4. The number of hydrogen-bond donors (Lipinski definition) is 2. The van der Waals surface area contributed by atoms with Crippen molar-refractivity contribution < 1.29 is 27.5 Å². The number of carboxylic acid groups (broad SMARTS) is 1. The Morgan fingerprint density at radius 1 is 1.36 bits per heavy atom. The summed E-state index contributed by atoms with van der Waals surface area (Å²) in [7, 11) is -3.88. The van der Waals surface area contributed by atoms with Gasteiger partial charge in [0, 0.05) is 19.5 Å². The molecule has 0 aliphatic carbocycles. The van der Waals surface area contributed by atoms with Crippen molar-refractivity contribution in [2.24, 2.45) is 5.92 Å². The van der Waals surface area contributed by atoms with Gasteiger partial charge in [-0.15, -0.1) is 0 Å². The average Bonchev–Trinajstić information content (AvgIpc) is 2.86. The van der Waals surface area contributed by atoms with Gasteiger partial charge in [0.2, 0.25) is 15.9 Å². The molecule has 0 radical (unpaired) electrons. The molecule has 2 fully saturated rings. The first-order valence-electron chi connectivity index (χ1n) is 7.96. The number of aryl methyl sites for hydroxylation is 1. The van der Waals surface area contributed by atoms with Crippen LogP contribution in [0.2, 0.25) is 0 Å². The summed E-state index contributed by atoms with van der Waals surface area (Å²) in [5.41, 5.74) is -0.467. The molecule has 2 heterocycles. The second-order valence-corrected chi connectivity index (χ2v) is 8.52. The van der Waals surface area contributed by atoms with Crippen LogP contribution in [0.25, 0.3) is 0 Å². The molecule has 9 heteroatoms. The minimum absolute atomic E-state index is 0.0718. The molecule has 0 aromatic heterocycles. The molecule has 0 saturated carbocycles. The number of piperidine rings is 1. The molecule has 3 rings (SSSR count). The summed E-state index contributed by atoms with van der Waals surface area (Å²) in [4.78, 5) is 23.0. The van der Waals surface area contributed by atoms with Crippen LogP contribution in [0.5, 0.6) is 0 Å². The predicted octanol–water partition coefficient (Wildman–Crippen LogP) is 0.878. The first-order valence-corrected chi connectivity index (χ1v) is 9.40.